The topological polar surface area (TPSA) is 125 Å². The molecule has 2 aromatic carbocycles. The number of hydrogen-bond donors (Lipinski definition) is 5. The molecule has 0 aliphatic carbocycles. The number of carbonyl (C=O) groups excluding carboxylic acids is 2. The maximum Gasteiger partial charge on any atom is 0.323 e. The minimum absolute atomic E-state index is 0.142. The highest BCUT2D eigenvalue weighted by atomic mass is 35.5. The monoisotopic (exact) mass is 398 g/mol. The van der Waals surface area contributed by atoms with Gasteiger partial charge in [0.05, 0.1) is 16.4 Å². The summed E-state index contributed by atoms with van der Waals surface area (Å²) in [7, 11) is 0. The Morgan fingerprint density at radius 1 is 1.14 bits per heavy atom. The van der Waals surface area contributed by atoms with Crippen LogP contribution in [0.4, 0.5) is 21.9 Å². The molecule has 0 spiro atoms. The van der Waals surface area contributed by atoms with Gasteiger partial charge in [0.25, 0.3) is 5.91 Å². The van der Waals surface area contributed by atoms with E-state index in [1.807, 2.05) is 31.2 Å². The van der Waals surface area contributed by atoms with Gasteiger partial charge in [0.1, 0.15) is 0 Å². The average Bonchev–Trinajstić information content (AvgIpc) is 3.12. The molecule has 1 aromatic heterocycles. The van der Waals surface area contributed by atoms with Gasteiger partial charge >= 0.3 is 6.03 Å². The van der Waals surface area contributed by atoms with Crippen molar-refractivity contribution in [3.8, 4) is 0 Å². The number of nitrogens with zero attached hydrogens (tertiary/aromatic N) is 1. The van der Waals surface area contributed by atoms with Crippen LogP contribution in [0.25, 0.3) is 0 Å². The van der Waals surface area contributed by atoms with Crippen LogP contribution in [0.3, 0.4) is 0 Å². The number of aromatic amines is 1. The number of amides is 3. The number of nitrogens with one attached hydrogen (secondary N) is 4. The minimum Gasteiger partial charge on any atom is -0.378 e. The molecule has 0 unspecified atom stereocenters. The predicted molar refractivity (Wildman–Crippen MR) is 110 cm³/mol. The largest absolute Gasteiger partial charge is 0.378 e. The van der Waals surface area contributed by atoms with Crippen LogP contribution in [0.2, 0.25) is 5.02 Å². The van der Waals surface area contributed by atoms with E-state index in [0.717, 1.165) is 11.1 Å². The summed E-state index contributed by atoms with van der Waals surface area (Å²) in [4.78, 5) is 23.5. The second-order valence-electron chi connectivity index (χ2n) is 6.13. The van der Waals surface area contributed by atoms with Crippen LogP contribution in [0, 0.1) is 6.92 Å². The van der Waals surface area contributed by atoms with Gasteiger partial charge in [-0.05, 0) is 42.3 Å². The molecule has 0 saturated carbocycles. The fraction of sp³-hybridized carbons (Fsp3) is 0.105. The van der Waals surface area contributed by atoms with E-state index in [2.05, 4.69) is 26.1 Å². The highest BCUT2D eigenvalue weighted by molar-refractivity contribution is 6.33. The molecule has 0 bridgehead atoms. The molecule has 0 atom stereocenters. The van der Waals surface area contributed by atoms with Gasteiger partial charge in [-0.15, -0.1) is 0 Å². The fourth-order valence-electron chi connectivity index (χ4n) is 2.58. The summed E-state index contributed by atoms with van der Waals surface area (Å²) in [6, 6.07) is 12.3. The Kier molecular flexibility index (Phi) is 5.81. The van der Waals surface area contributed by atoms with Crippen molar-refractivity contribution in [2.24, 2.45) is 5.73 Å². The third-order valence-corrected chi connectivity index (χ3v) is 4.23. The summed E-state index contributed by atoms with van der Waals surface area (Å²) >= 11 is 6.14. The number of aryl methyl sites for hydroxylation is 1. The molecule has 3 rings (SSSR count). The highest BCUT2D eigenvalue weighted by Gasteiger charge is 2.11. The lowest BCUT2D eigenvalue weighted by Crippen LogP contribution is -2.19. The highest BCUT2D eigenvalue weighted by Crippen LogP contribution is 2.23. The molecule has 0 aliphatic heterocycles. The zero-order valence-electron chi connectivity index (χ0n) is 15.0. The standard InChI is InChI=1S/C19H19ClN6O2/c1-11-5-6-15(14(20)7-11)25-19(28)24-13-4-2-3-12(8-13)9-22-16-10-23-26-17(16)18(21)27/h2-8,10,22H,9H2,1H3,(H2,21,27)(H,23,26)(H2,24,25,28). The van der Waals surface area contributed by atoms with Crippen molar-refractivity contribution in [1.82, 2.24) is 10.2 Å². The number of benzene rings is 2. The number of halogens is 1. The zero-order chi connectivity index (χ0) is 20.1. The van der Waals surface area contributed by atoms with Gasteiger partial charge in [-0.3, -0.25) is 9.89 Å². The first-order valence-corrected chi connectivity index (χ1v) is 8.80. The zero-order valence-corrected chi connectivity index (χ0v) is 15.8. The van der Waals surface area contributed by atoms with Crippen molar-refractivity contribution in [2.45, 2.75) is 13.5 Å². The third kappa shape index (κ3) is 4.80. The first kappa shape index (κ1) is 19.2. The Hall–Kier alpha value is -3.52. The van der Waals surface area contributed by atoms with Crippen LogP contribution in [0.1, 0.15) is 21.6 Å². The van der Waals surface area contributed by atoms with Crippen LogP contribution in [0.15, 0.2) is 48.7 Å². The molecule has 0 fully saturated rings. The first-order chi connectivity index (χ1) is 13.4. The SMILES string of the molecule is Cc1ccc(NC(=O)Nc2cccc(CNc3c[nH]nc3C(N)=O)c2)c(Cl)c1. The van der Waals surface area contributed by atoms with Gasteiger partial charge in [0, 0.05) is 18.4 Å². The Labute approximate surface area is 166 Å². The summed E-state index contributed by atoms with van der Waals surface area (Å²) in [5.74, 6) is -0.620. The molecule has 28 heavy (non-hydrogen) atoms. The molecule has 0 saturated heterocycles. The molecular formula is C19H19ClN6O2. The number of aromatic nitrogens is 2. The molecule has 0 radical (unpaired) electrons. The van der Waals surface area contributed by atoms with E-state index in [4.69, 9.17) is 17.3 Å². The predicted octanol–water partition coefficient (Wildman–Crippen LogP) is 3.73. The smallest absolute Gasteiger partial charge is 0.323 e. The van der Waals surface area contributed by atoms with Crippen molar-refractivity contribution in [2.75, 3.05) is 16.0 Å². The molecule has 0 aliphatic rings. The normalized spacial score (nSPS) is 10.4. The number of H-pyrrole nitrogens is 1. The van der Waals surface area contributed by atoms with Crippen LogP contribution >= 0.6 is 11.6 Å². The van der Waals surface area contributed by atoms with Gasteiger partial charge in [-0.1, -0.05) is 29.8 Å². The number of nitrogens with two attached hydrogens (primary N) is 1. The Balaban J connectivity index is 1.62. The van der Waals surface area contributed by atoms with Crippen molar-refractivity contribution in [3.05, 3.63) is 70.5 Å². The Morgan fingerprint density at radius 2 is 1.96 bits per heavy atom. The van der Waals surface area contributed by atoms with E-state index in [9.17, 15) is 9.59 Å². The van der Waals surface area contributed by atoms with E-state index in [1.165, 1.54) is 0 Å². The lowest BCUT2D eigenvalue weighted by molar-refractivity contribution is 0.0996. The number of anilines is 3. The average molecular weight is 399 g/mol. The van der Waals surface area contributed by atoms with Gasteiger partial charge in [-0.25, -0.2) is 4.79 Å². The van der Waals surface area contributed by atoms with E-state index < -0.39 is 11.9 Å². The minimum atomic E-state index is -0.620. The van der Waals surface area contributed by atoms with Crippen LogP contribution in [-0.2, 0) is 6.54 Å². The number of hydrogen-bond acceptors (Lipinski definition) is 4. The lowest BCUT2D eigenvalue weighted by atomic mass is 10.2. The molecule has 144 valence electrons. The number of primary amides is 1. The van der Waals surface area contributed by atoms with E-state index >= 15 is 0 Å². The quantitative estimate of drug-likeness (QED) is 0.433. The van der Waals surface area contributed by atoms with Crippen molar-refractivity contribution >= 4 is 40.6 Å². The maximum absolute atomic E-state index is 12.2. The summed E-state index contributed by atoms with van der Waals surface area (Å²) in [5, 5.41) is 15.4. The summed E-state index contributed by atoms with van der Waals surface area (Å²) < 4.78 is 0. The van der Waals surface area contributed by atoms with Crippen LogP contribution in [-0.4, -0.2) is 22.1 Å². The summed E-state index contributed by atoms with van der Waals surface area (Å²) in [6.45, 7) is 2.34. The lowest BCUT2D eigenvalue weighted by Gasteiger charge is -2.11. The molecular weight excluding hydrogens is 380 g/mol. The van der Waals surface area contributed by atoms with E-state index in [0.29, 0.717) is 28.6 Å². The number of rotatable bonds is 6. The number of urea groups is 1. The fourth-order valence-corrected chi connectivity index (χ4v) is 2.86. The second kappa shape index (κ2) is 8.45. The van der Waals surface area contributed by atoms with Crippen molar-refractivity contribution < 1.29 is 9.59 Å². The Bertz CT molecular complexity index is 1020. The maximum atomic E-state index is 12.2. The molecule has 6 N–H and O–H groups in total. The van der Waals surface area contributed by atoms with Gasteiger partial charge in [0.15, 0.2) is 5.69 Å². The number of carbonyl (C=O) groups is 2. The Morgan fingerprint density at radius 3 is 2.71 bits per heavy atom. The molecule has 8 nitrogen and oxygen atoms in total. The van der Waals surface area contributed by atoms with E-state index in [1.54, 1.807) is 24.4 Å². The third-order valence-electron chi connectivity index (χ3n) is 3.91. The molecule has 3 aromatic rings. The second-order valence-corrected chi connectivity index (χ2v) is 6.54. The molecule has 3 amide bonds. The molecule has 9 heteroatoms. The van der Waals surface area contributed by atoms with Crippen LogP contribution < -0.4 is 21.7 Å². The van der Waals surface area contributed by atoms with Crippen molar-refractivity contribution in [1.29, 1.82) is 0 Å². The van der Waals surface area contributed by atoms with Crippen LogP contribution in [0.5, 0.6) is 0 Å². The first-order valence-electron chi connectivity index (χ1n) is 8.43. The van der Waals surface area contributed by atoms with Crippen molar-refractivity contribution in [3.63, 3.8) is 0 Å². The van der Waals surface area contributed by atoms with Gasteiger partial charge < -0.3 is 21.7 Å². The summed E-state index contributed by atoms with van der Waals surface area (Å²) in [5.41, 5.74) is 8.96. The summed E-state index contributed by atoms with van der Waals surface area (Å²) in [6.07, 6.45) is 1.56. The molecule has 1 heterocycles. The van der Waals surface area contributed by atoms with Gasteiger partial charge in [0.2, 0.25) is 0 Å². The van der Waals surface area contributed by atoms with E-state index in [-0.39, 0.29) is 5.69 Å². The van der Waals surface area contributed by atoms with Gasteiger partial charge in [-0.2, -0.15) is 5.10 Å².